The van der Waals surface area contributed by atoms with Crippen molar-refractivity contribution in [1.29, 1.82) is 0 Å². The fraction of sp³-hybridized carbons (Fsp3) is 0.444. The van der Waals surface area contributed by atoms with Gasteiger partial charge in [-0.2, -0.15) is 0 Å². The Kier molecular flexibility index (Phi) is 12.7. The molecule has 0 amide bonds. The smallest absolute Gasteiger partial charge is 0.338 e. The Morgan fingerprint density at radius 1 is 0.812 bits per heavy atom. The van der Waals surface area contributed by atoms with Gasteiger partial charge >= 0.3 is 5.97 Å². The maximum atomic E-state index is 12.0. The van der Waals surface area contributed by atoms with Crippen LogP contribution >= 0.6 is 0 Å². The van der Waals surface area contributed by atoms with Crippen LogP contribution in [0.1, 0.15) is 83.5 Å². The summed E-state index contributed by atoms with van der Waals surface area (Å²) in [5.74, 6) is -0.483. The maximum absolute atomic E-state index is 12.0. The highest BCUT2D eigenvalue weighted by molar-refractivity contribution is 5.89. The lowest BCUT2D eigenvalue weighted by Crippen LogP contribution is -2.05. The number of non-ortho nitro benzene ring substituents is 1. The highest BCUT2D eigenvalue weighted by Gasteiger charge is 2.09. The fourth-order valence-electron chi connectivity index (χ4n) is 3.05. The lowest BCUT2D eigenvalue weighted by atomic mass is 10.0. The second-order valence-corrected chi connectivity index (χ2v) is 8.45. The number of rotatable bonds is 13. The monoisotopic (exact) mass is 439 g/mol. The largest absolute Gasteiger partial charge is 0.458 e. The zero-order valence-electron chi connectivity index (χ0n) is 20.1. The number of nitrogens with zero attached hydrogens (tertiary/aromatic N) is 1. The molecule has 32 heavy (non-hydrogen) atoms. The molecular formula is C27H37NO4. The van der Waals surface area contributed by atoms with Crippen LogP contribution in [-0.4, -0.2) is 17.5 Å². The molecule has 0 fully saturated rings. The third-order valence-electron chi connectivity index (χ3n) is 5.11. The molecule has 0 aromatic heterocycles. The quantitative estimate of drug-likeness (QED) is 0.136. The molecule has 0 saturated heterocycles. The highest BCUT2D eigenvalue weighted by atomic mass is 16.6. The van der Waals surface area contributed by atoms with E-state index in [1.54, 1.807) is 0 Å². The van der Waals surface area contributed by atoms with Crippen LogP contribution in [-0.2, 0) is 4.74 Å². The number of hydrogen-bond donors (Lipinski definition) is 0. The van der Waals surface area contributed by atoms with Gasteiger partial charge in [0, 0.05) is 12.1 Å². The van der Waals surface area contributed by atoms with Crippen LogP contribution in [0.4, 0.5) is 5.69 Å². The molecule has 0 atom stereocenters. The van der Waals surface area contributed by atoms with Gasteiger partial charge in [0.15, 0.2) is 0 Å². The van der Waals surface area contributed by atoms with Crippen molar-refractivity contribution >= 4 is 11.7 Å². The van der Waals surface area contributed by atoms with Crippen molar-refractivity contribution in [3.05, 3.63) is 86.5 Å². The third kappa shape index (κ3) is 12.0. The summed E-state index contributed by atoms with van der Waals surface area (Å²) >= 11 is 0. The molecule has 0 aliphatic rings. The van der Waals surface area contributed by atoms with Gasteiger partial charge in [0.05, 0.1) is 10.5 Å². The molecular weight excluding hydrogens is 402 g/mol. The first kappa shape index (κ1) is 27.1. The van der Waals surface area contributed by atoms with Crippen LogP contribution in [0.15, 0.2) is 70.9 Å². The molecule has 0 unspecified atom stereocenters. The van der Waals surface area contributed by atoms with E-state index in [1.807, 2.05) is 13.0 Å². The van der Waals surface area contributed by atoms with Gasteiger partial charge in [-0.3, -0.25) is 10.1 Å². The van der Waals surface area contributed by atoms with Crippen molar-refractivity contribution in [3.8, 4) is 0 Å². The van der Waals surface area contributed by atoms with Gasteiger partial charge in [0.2, 0.25) is 0 Å². The van der Waals surface area contributed by atoms with Crippen LogP contribution in [0.2, 0.25) is 0 Å². The molecule has 0 spiro atoms. The van der Waals surface area contributed by atoms with E-state index in [1.165, 1.54) is 46.6 Å². The van der Waals surface area contributed by atoms with Gasteiger partial charge in [-0.15, -0.1) is 0 Å². The Hall–Kier alpha value is -2.95. The van der Waals surface area contributed by atoms with Crippen LogP contribution in [0, 0.1) is 10.1 Å². The zero-order valence-corrected chi connectivity index (χ0v) is 20.1. The van der Waals surface area contributed by atoms with E-state index in [9.17, 15) is 14.9 Å². The van der Waals surface area contributed by atoms with Crippen LogP contribution in [0.5, 0.6) is 0 Å². The molecule has 0 saturated carbocycles. The summed E-state index contributed by atoms with van der Waals surface area (Å²) in [7, 11) is 0. The van der Waals surface area contributed by atoms with E-state index in [0.717, 1.165) is 38.5 Å². The minimum absolute atomic E-state index is 0.0498. The molecule has 0 aliphatic heterocycles. The van der Waals surface area contributed by atoms with E-state index >= 15 is 0 Å². The van der Waals surface area contributed by atoms with Crippen molar-refractivity contribution in [2.75, 3.05) is 6.61 Å². The van der Waals surface area contributed by atoms with Crippen molar-refractivity contribution in [1.82, 2.24) is 0 Å². The summed E-state index contributed by atoms with van der Waals surface area (Å²) < 4.78 is 5.23. The summed E-state index contributed by atoms with van der Waals surface area (Å²) in [6.07, 6.45) is 15.1. The standard InChI is InChI=1S/C27H37NO4/c1-21(2)9-6-10-22(3)11-7-12-23(4)13-8-14-24(5)19-20-32-27(29)25-15-17-26(18-16-25)28(30)31/h9,11,13,15-19H,6-8,10,12,14,20H2,1-5H3/b22-11+,23-13?,24-19+. The Balaban J connectivity index is 2.31. The van der Waals surface area contributed by atoms with E-state index in [4.69, 9.17) is 4.74 Å². The number of carbonyl (C=O) groups excluding carboxylic acids is 1. The average molecular weight is 440 g/mol. The predicted molar refractivity (Wildman–Crippen MR) is 132 cm³/mol. The molecule has 174 valence electrons. The number of esters is 1. The van der Waals surface area contributed by atoms with Crippen LogP contribution < -0.4 is 0 Å². The van der Waals surface area contributed by atoms with Gasteiger partial charge in [-0.1, -0.05) is 40.5 Å². The van der Waals surface area contributed by atoms with Crippen molar-refractivity contribution in [3.63, 3.8) is 0 Å². The normalized spacial score (nSPS) is 12.5. The first-order valence-corrected chi connectivity index (χ1v) is 11.2. The Labute approximate surface area is 192 Å². The Morgan fingerprint density at radius 2 is 1.28 bits per heavy atom. The topological polar surface area (TPSA) is 69.4 Å². The number of ether oxygens (including phenoxy) is 1. The summed E-state index contributed by atoms with van der Waals surface area (Å²) in [6, 6.07) is 5.41. The highest BCUT2D eigenvalue weighted by Crippen LogP contribution is 2.15. The summed E-state index contributed by atoms with van der Waals surface area (Å²) in [4.78, 5) is 22.2. The molecule has 5 heteroatoms. The SMILES string of the molecule is CC(C)=CCC/C(C)=C/CCC(C)=CCC/C(C)=C/COC(=O)c1ccc([N+](=O)[O-])cc1. The molecule has 0 aliphatic carbocycles. The molecule has 1 aromatic carbocycles. The van der Waals surface area contributed by atoms with E-state index in [2.05, 4.69) is 45.9 Å². The van der Waals surface area contributed by atoms with Gasteiger partial charge in [0.25, 0.3) is 5.69 Å². The van der Waals surface area contributed by atoms with Crippen LogP contribution in [0.3, 0.4) is 0 Å². The molecule has 0 heterocycles. The fourth-order valence-corrected chi connectivity index (χ4v) is 3.05. The number of nitro benzene ring substituents is 1. The third-order valence-corrected chi connectivity index (χ3v) is 5.11. The molecule has 0 N–H and O–H groups in total. The second kappa shape index (κ2) is 15.0. The first-order chi connectivity index (χ1) is 15.2. The van der Waals surface area contributed by atoms with E-state index in [-0.39, 0.29) is 12.3 Å². The van der Waals surface area contributed by atoms with Crippen molar-refractivity contribution in [2.24, 2.45) is 0 Å². The lowest BCUT2D eigenvalue weighted by molar-refractivity contribution is -0.384. The minimum atomic E-state index is -0.498. The molecule has 0 bridgehead atoms. The number of nitro groups is 1. The molecule has 1 rings (SSSR count). The number of benzene rings is 1. The van der Waals surface area contributed by atoms with Gasteiger partial charge in [0.1, 0.15) is 6.61 Å². The van der Waals surface area contributed by atoms with Crippen LogP contribution in [0.25, 0.3) is 0 Å². The number of carbonyl (C=O) groups is 1. The predicted octanol–water partition coefficient (Wildman–Crippen LogP) is 7.90. The molecule has 0 radical (unpaired) electrons. The van der Waals surface area contributed by atoms with Crippen molar-refractivity contribution < 1.29 is 14.5 Å². The molecule has 5 nitrogen and oxygen atoms in total. The Bertz CT molecular complexity index is 869. The van der Waals surface area contributed by atoms with Gasteiger partial charge in [-0.25, -0.2) is 4.79 Å². The summed E-state index contributed by atoms with van der Waals surface area (Å²) in [5, 5.41) is 10.7. The van der Waals surface area contributed by atoms with Crippen molar-refractivity contribution in [2.45, 2.75) is 73.1 Å². The zero-order chi connectivity index (χ0) is 23.9. The van der Waals surface area contributed by atoms with Gasteiger partial charge in [-0.05, 0) is 91.4 Å². The average Bonchev–Trinajstić information content (AvgIpc) is 2.73. The second-order valence-electron chi connectivity index (χ2n) is 8.45. The van der Waals surface area contributed by atoms with Gasteiger partial charge < -0.3 is 4.74 Å². The number of allylic oxidation sites excluding steroid dienone is 7. The van der Waals surface area contributed by atoms with E-state index in [0.29, 0.717) is 5.56 Å². The lowest BCUT2D eigenvalue weighted by Gasteiger charge is -2.04. The summed E-state index contributed by atoms with van der Waals surface area (Å²) in [6.45, 7) is 10.9. The molecule has 1 aromatic rings. The maximum Gasteiger partial charge on any atom is 0.338 e. The Morgan fingerprint density at radius 3 is 1.75 bits per heavy atom. The summed E-state index contributed by atoms with van der Waals surface area (Å²) in [5.41, 5.74) is 5.66. The first-order valence-electron chi connectivity index (χ1n) is 11.2. The number of hydrogen-bond acceptors (Lipinski definition) is 4. The van der Waals surface area contributed by atoms with E-state index < -0.39 is 10.9 Å². The minimum Gasteiger partial charge on any atom is -0.458 e.